The lowest BCUT2D eigenvalue weighted by molar-refractivity contribution is 0.0983. The summed E-state index contributed by atoms with van der Waals surface area (Å²) in [5.41, 5.74) is 22.3. The molecule has 15 rings (SSSR count). The van der Waals surface area contributed by atoms with Gasteiger partial charge in [0.05, 0.1) is 28.4 Å². The van der Waals surface area contributed by atoms with Crippen LogP contribution in [-0.2, 0) is 32.1 Å². The van der Waals surface area contributed by atoms with Gasteiger partial charge in [-0.25, -0.2) is 0 Å². The molecule has 0 spiro atoms. The van der Waals surface area contributed by atoms with Crippen molar-refractivity contribution in [2.45, 2.75) is 94.4 Å². The van der Waals surface area contributed by atoms with E-state index in [2.05, 4.69) is 26.6 Å². The predicted octanol–water partition coefficient (Wildman–Crippen LogP) is 24.6. The highest BCUT2D eigenvalue weighted by atomic mass is 16.2. The molecule has 0 atom stereocenters. The van der Waals surface area contributed by atoms with E-state index < -0.39 is 0 Å². The van der Waals surface area contributed by atoms with Crippen LogP contribution < -0.4 is 26.6 Å². The molecule has 644 valence electrons. The number of rotatable bonds is 25. The van der Waals surface area contributed by atoms with Gasteiger partial charge in [-0.15, -0.1) is 0 Å². The zero-order valence-electron chi connectivity index (χ0n) is 73.8. The fourth-order valence-corrected chi connectivity index (χ4v) is 14.5. The zero-order chi connectivity index (χ0) is 91.7. The summed E-state index contributed by atoms with van der Waals surface area (Å²) in [6.07, 6.45) is 1.52. The van der Waals surface area contributed by atoms with Crippen LogP contribution in [-0.4, -0.2) is 58.5 Å². The first kappa shape index (κ1) is 93.7. The van der Waals surface area contributed by atoms with Crippen LogP contribution in [0, 0.1) is 62.3 Å². The summed E-state index contributed by atoms with van der Waals surface area (Å²) < 4.78 is 0. The van der Waals surface area contributed by atoms with Gasteiger partial charge in [-0.05, 0) is 209 Å². The standard InChI is InChI=1S/4C23H21NO2.C22H19NO2/c4*1-16-8-7-10-18(14-16)15-22(25)20-12-5-6-13-21(20)24-23(26)19-11-4-3-9-17(19)2;1-16-8-7-9-17(14-16)15-21(24)19-12-5-6-13-20(19)23-22(25)18-10-3-2-4-11-18/h4*3-14H,15H2,1-2H3,(H,24,26);2-14H,15H2,1H3,(H,23,25). The Morgan fingerprint density at radius 1 is 0.171 bits per heavy atom. The van der Waals surface area contributed by atoms with E-state index in [9.17, 15) is 47.9 Å². The number of benzene rings is 15. The Hall–Kier alpha value is -16.0. The van der Waals surface area contributed by atoms with Crippen LogP contribution >= 0.6 is 0 Å². The van der Waals surface area contributed by atoms with Gasteiger partial charge in [-0.3, -0.25) is 47.9 Å². The molecule has 0 aromatic heterocycles. The fraction of sp³-hybridized carbons (Fsp3) is 0.123. The lowest BCUT2D eigenvalue weighted by atomic mass is 10.00. The number of hydrogen-bond donors (Lipinski definition) is 5. The molecule has 0 fully saturated rings. The summed E-state index contributed by atoms with van der Waals surface area (Å²) in [7, 11) is 0. The molecule has 0 saturated carbocycles. The number of aryl methyl sites for hydroxylation is 9. The van der Waals surface area contributed by atoms with Gasteiger partial charge in [-0.2, -0.15) is 0 Å². The van der Waals surface area contributed by atoms with Gasteiger partial charge < -0.3 is 26.6 Å². The summed E-state index contributed by atoms with van der Waals surface area (Å²) in [4.78, 5) is 127. The van der Waals surface area contributed by atoms with Crippen molar-refractivity contribution in [2.75, 3.05) is 26.6 Å². The second-order valence-electron chi connectivity index (χ2n) is 31.6. The Kier molecular flexibility index (Phi) is 33.9. The van der Waals surface area contributed by atoms with Crippen LogP contribution in [0.5, 0.6) is 0 Å². The highest BCUT2D eigenvalue weighted by Gasteiger charge is 2.22. The normalized spacial score (nSPS) is 10.4. The molecule has 0 unspecified atom stereocenters. The number of Topliss-reactive ketones (excluding diaryl/α,β-unsaturated/α-hetero) is 5. The van der Waals surface area contributed by atoms with Crippen molar-refractivity contribution in [3.63, 3.8) is 0 Å². The topological polar surface area (TPSA) is 231 Å². The Balaban J connectivity index is 0.000000156. The number of amides is 5. The van der Waals surface area contributed by atoms with Crippen LogP contribution in [0.2, 0.25) is 0 Å². The Bertz CT molecular complexity index is 5930. The average Bonchev–Trinajstić information content (AvgIpc) is 0.833. The smallest absolute Gasteiger partial charge is 0.255 e. The first-order chi connectivity index (χ1) is 62.3. The third-order valence-electron chi connectivity index (χ3n) is 21.2. The van der Waals surface area contributed by atoms with E-state index in [1.807, 2.05) is 335 Å². The van der Waals surface area contributed by atoms with E-state index in [0.29, 0.717) is 116 Å². The van der Waals surface area contributed by atoms with Gasteiger partial charge in [0.2, 0.25) is 0 Å². The molecule has 0 aliphatic heterocycles. The molecule has 0 saturated heterocycles. The summed E-state index contributed by atoms with van der Waals surface area (Å²) in [6, 6.07) is 114. The maximum atomic E-state index is 12.8. The molecule has 0 heterocycles. The molecular weight excluding hydrogens is 1600 g/mol. The third-order valence-corrected chi connectivity index (χ3v) is 21.2. The molecule has 0 bridgehead atoms. The van der Waals surface area contributed by atoms with Gasteiger partial charge in [0.15, 0.2) is 28.9 Å². The van der Waals surface area contributed by atoms with Crippen molar-refractivity contribution < 1.29 is 47.9 Å². The largest absolute Gasteiger partial charge is 0.321 e. The Labute approximate surface area is 754 Å². The van der Waals surface area contributed by atoms with Gasteiger partial charge >= 0.3 is 0 Å². The van der Waals surface area contributed by atoms with Gasteiger partial charge in [0.1, 0.15) is 0 Å². The van der Waals surface area contributed by atoms with Crippen molar-refractivity contribution in [3.05, 3.63) is 504 Å². The molecule has 15 heteroatoms. The van der Waals surface area contributed by atoms with Crippen LogP contribution in [0.25, 0.3) is 0 Å². The quantitative estimate of drug-likeness (QED) is 0.0340. The number of nitrogens with one attached hydrogen (secondary N) is 5. The minimum atomic E-state index is -0.226. The second kappa shape index (κ2) is 46.6. The minimum Gasteiger partial charge on any atom is -0.321 e. The highest BCUT2D eigenvalue weighted by molar-refractivity contribution is 6.15. The number of carbonyl (C=O) groups is 10. The van der Waals surface area contributed by atoms with E-state index in [0.717, 1.165) is 77.9 Å². The van der Waals surface area contributed by atoms with Gasteiger partial charge in [-0.1, -0.05) is 301 Å². The molecule has 5 amide bonds. The van der Waals surface area contributed by atoms with Crippen molar-refractivity contribution >= 4 is 86.9 Å². The molecule has 15 aromatic carbocycles. The molecule has 15 nitrogen and oxygen atoms in total. The monoisotopic (exact) mass is 1700 g/mol. The van der Waals surface area contributed by atoms with Crippen LogP contribution in [0.15, 0.2) is 370 Å². The number of hydrogen-bond acceptors (Lipinski definition) is 10. The molecule has 129 heavy (non-hydrogen) atoms. The summed E-state index contributed by atoms with van der Waals surface area (Å²) >= 11 is 0. The van der Waals surface area contributed by atoms with E-state index in [1.54, 1.807) is 97.1 Å². The number of para-hydroxylation sites is 5. The van der Waals surface area contributed by atoms with Crippen LogP contribution in [0.1, 0.15) is 181 Å². The lowest BCUT2D eigenvalue weighted by Gasteiger charge is -2.12. The maximum Gasteiger partial charge on any atom is 0.255 e. The second-order valence-corrected chi connectivity index (χ2v) is 31.6. The maximum absolute atomic E-state index is 12.8. The van der Waals surface area contributed by atoms with Gasteiger partial charge in [0.25, 0.3) is 29.5 Å². The van der Waals surface area contributed by atoms with E-state index in [4.69, 9.17) is 0 Å². The average molecular weight is 1700 g/mol. The third kappa shape index (κ3) is 27.7. The molecule has 0 aliphatic rings. The first-order valence-electron chi connectivity index (χ1n) is 42.5. The summed E-state index contributed by atoms with van der Waals surface area (Å²) in [5, 5.41) is 14.4. The molecular formula is C114H103N5O10. The minimum absolute atomic E-state index is 0.0173. The number of carbonyl (C=O) groups excluding carboxylic acids is 10. The molecule has 0 radical (unpaired) electrons. The van der Waals surface area contributed by atoms with E-state index in [-0.39, 0.29) is 58.5 Å². The van der Waals surface area contributed by atoms with E-state index >= 15 is 0 Å². The first-order valence-corrected chi connectivity index (χ1v) is 42.5. The van der Waals surface area contributed by atoms with Crippen LogP contribution in [0.3, 0.4) is 0 Å². The zero-order valence-corrected chi connectivity index (χ0v) is 73.8. The molecule has 15 aromatic rings. The van der Waals surface area contributed by atoms with Crippen molar-refractivity contribution in [3.8, 4) is 0 Å². The fourth-order valence-electron chi connectivity index (χ4n) is 14.5. The van der Waals surface area contributed by atoms with Crippen molar-refractivity contribution in [2.24, 2.45) is 0 Å². The lowest BCUT2D eigenvalue weighted by Crippen LogP contribution is -2.16. The Morgan fingerprint density at radius 3 is 0.535 bits per heavy atom. The summed E-state index contributed by atoms with van der Waals surface area (Å²) in [5.74, 6) is -1.15. The predicted molar refractivity (Wildman–Crippen MR) is 519 cm³/mol. The van der Waals surface area contributed by atoms with Crippen molar-refractivity contribution in [1.82, 2.24) is 0 Å². The number of ketones is 5. The number of anilines is 5. The van der Waals surface area contributed by atoms with Crippen LogP contribution in [0.4, 0.5) is 28.4 Å². The summed E-state index contributed by atoms with van der Waals surface area (Å²) in [6.45, 7) is 17.6. The van der Waals surface area contributed by atoms with Gasteiger partial charge in [0, 0.05) is 87.7 Å². The van der Waals surface area contributed by atoms with Crippen molar-refractivity contribution in [1.29, 1.82) is 0 Å². The SMILES string of the molecule is Cc1cccc(CC(=O)c2ccccc2NC(=O)c2ccccc2)c1.Cc1cccc(CC(=O)c2ccccc2NC(=O)c2ccccc2C)c1.Cc1cccc(CC(=O)c2ccccc2NC(=O)c2ccccc2C)c1.Cc1cccc(CC(=O)c2ccccc2NC(=O)c2ccccc2C)c1.Cc1cccc(CC(=O)c2ccccc2NC(=O)c2ccccc2C)c1. The van der Waals surface area contributed by atoms with E-state index in [1.165, 1.54) is 0 Å². The Morgan fingerprint density at radius 2 is 0.341 bits per heavy atom. The highest BCUT2D eigenvalue weighted by Crippen LogP contribution is 2.28. The molecule has 5 N–H and O–H groups in total. The molecule has 0 aliphatic carbocycles.